The average molecular weight is 551 g/mol. The summed E-state index contributed by atoms with van der Waals surface area (Å²) in [6, 6.07) is 10.7. The normalized spacial score (nSPS) is 14.8. The summed E-state index contributed by atoms with van der Waals surface area (Å²) < 4.78 is 22.8. The fourth-order valence-corrected chi connectivity index (χ4v) is 5.20. The summed E-state index contributed by atoms with van der Waals surface area (Å²) in [6.45, 7) is 6.15. The maximum Gasteiger partial charge on any atom is 0.338 e. The Morgan fingerprint density at radius 1 is 1.03 bits per heavy atom. The van der Waals surface area contributed by atoms with Gasteiger partial charge in [0, 0.05) is 13.8 Å². The molecule has 0 bridgehead atoms. The molecule has 0 N–H and O–H groups in total. The second-order valence-corrected chi connectivity index (χ2v) is 9.48. The van der Waals surface area contributed by atoms with Crippen molar-refractivity contribution in [3.63, 3.8) is 0 Å². The van der Waals surface area contributed by atoms with Crippen LogP contribution in [0, 0.1) is 0 Å². The van der Waals surface area contributed by atoms with Gasteiger partial charge >= 0.3 is 17.9 Å². The van der Waals surface area contributed by atoms with Gasteiger partial charge in [-0.25, -0.2) is 9.79 Å². The molecule has 2 heterocycles. The molecule has 2 aromatic carbocycles. The second-order valence-electron chi connectivity index (χ2n) is 8.47. The van der Waals surface area contributed by atoms with Crippen LogP contribution < -0.4 is 29.1 Å². The summed E-state index contributed by atoms with van der Waals surface area (Å²) in [6.07, 6.45) is 1.67. The van der Waals surface area contributed by atoms with Crippen molar-refractivity contribution >= 4 is 35.3 Å². The molecule has 10 nitrogen and oxygen atoms in total. The van der Waals surface area contributed by atoms with Crippen molar-refractivity contribution in [2.24, 2.45) is 4.99 Å². The van der Waals surface area contributed by atoms with Crippen LogP contribution in [0.2, 0.25) is 0 Å². The molecule has 0 unspecified atom stereocenters. The summed E-state index contributed by atoms with van der Waals surface area (Å²) in [5, 5.41) is 0. The first kappa shape index (κ1) is 27.5. The number of nitrogens with zero attached hydrogens (tertiary/aromatic N) is 2. The van der Waals surface area contributed by atoms with Gasteiger partial charge in [-0.15, -0.1) is 0 Å². The number of carbonyl (C=O) groups is 3. The number of hydrogen-bond acceptors (Lipinski definition) is 10. The molecule has 0 fully saturated rings. The van der Waals surface area contributed by atoms with Crippen molar-refractivity contribution in [3.8, 4) is 17.2 Å². The minimum atomic E-state index is -0.810. The highest BCUT2D eigenvalue weighted by molar-refractivity contribution is 7.07. The lowest BCUT2D eigenvalue weighted by Crippen LogP contribution is -2.39. The standard InChI is InChI=1S/C28H26N2O8S/c1-6-36-27(34)24-15(2)29-28-30(25(24)19-8-10-20(11-9-19)37-16(3)31)26(33)23(39-28)14-18-7-12-21(38-17(4)32)22(13-18)35-5/h7-14,25H,6H2,1-5H3/b23-14-/t25-/m0/s1. The van der Waals surface area contributed by atoms with Crippen LogP contribution in [0.25, 0.3) is 6.08 Å². The number of allylic oxidation sites excluding steroid dienone is 1. The molecule has 3 aromatic rings. The van der Waals surface area contributed by atoms with Gasteiger partial charge in [-0.2, -0.15) is 0 Å². The zero-order chi connectivity index (χ0) is 28.3. The van der Waals surface area contributed by atoms with Crippen molar-refractivity contribution in [1.29, 1.82) is 0 Å². The van der Waals surface area contributed by atoms with Gasteiger partial charge in [0.2, 0.25) is 0 Å². The molecule has 1 atom stereocenters. The van der Waals surface area contributed by atoms with E-state index in [4.69, 9.17) is 18.9 Å². The Bertz CT molecular complexity index is 1660. The third kappa shape index (κ3) is 5.83. The van der Waals surface area contributed by atoms with Crippen molar-refractivity contribution < 1.29 is 33.3 Å². The fraction of sp³-hybridized carbons (Fsp3) is 0.250. The maximum absolute atomic E-state index is 13.8. The molecule has 0 aliphatic carbocycles. The van der Waals surface area contributed by atoms with Crippen LogP contribution >= 0.6 is 11.3 Å². The van der Waals surface area contributed by atoms with E-state index in [0.717, 1.165) is 0 Å². The SMILES string of the molecule is CCOC(=O)C1=C(C)N=c2s/c(=C\c3ccc(OC(C)=O)c(OC)c3)c(=O)n2[C@H]1c1ccc(OC(C)=O)cc1. The van der Waals surface area contributed by atoms with Crippen LogP contribution in [0.15, 0.2) is 63.5 Å². The molecular weight excluding hydrogens is 524 g/mol. The molecule has 0 saturated carbocycles. The Hall–Kier alpha value is -4.51. The molecule has 0 saturated heterocycles. The number of rotatable bonds is 7. The van der Waals surface area contributed by atoms with Crippen LogP contribution in [-0.2, 0) is 19.1 Å². The van der Waals surface area contributed by atoms with E-state index in [1.165, 1.54) is 36.9 Å². The molecule has 0 radical (unpaired) electrons. The highest BCUT2D eigenvalue weighted by Gasteiger charge is 2.33. The number of aromatic nitrogens is 1. The van der Waals surface area contributed by atoms with E-state index in [-0.39, 0.29) is 23.5 Å². The molecule has 0 amide bonds. The summed E-state index contributed by atoms with van der Waals surface area (Å²) in [5.41, 5.74) is 1.57. The van der Waals surface area contributed by atoms with Crippen LogP contribution in [-0.4, -0.2) is 36.2 Å². The van der Waals surface area contributed by atoms with E-state index < -0.39 is 23.9 Å². The quantitative estimate of drug-likeness (QED) is 0.325. The fourth-order valence-electron chi connectivity index (χ4n) is 4.16. The monoisotopic (exact) mass is 550 g/mol. The van der Waals surface area contributed by atoms with Gasteiger partial charge in [0.25, 0.3) is 5.56 Å². The Kier molecular flexibility index (Phi) is 8.10. The summed E-state index contributed by atoms with van der Waals surface area (Å²) in [4.78, 5) is 54.5. The smallest absolute Gasteiger partial charge is 0.338 e. The lowest BCUT2D eigenvalue weighted by atomic mass is 9.96. The minimum absolute atomic E-state index is 0.156. The first-order valence-corrected chi connectivity index (χ1v) is 12.8. The van der Waals surface area contributed by atoms with E-state index in [1.807, 2.05) is 0 Å². The second kappa shape index (κ2) is 11.5. The molecule has 1 aliphatic rings. The van der Waals surface area contributed by atoms with E-state index >= 15 is 0 Å². The van der Waals surface area contributed by atoms with Crippen LogP contribution in [0.4, 0.5) is 0 Å². The predicted octanol–water partition coefficient (Wildman–Crippen LogP) is 2.66. The van der Waals surface area contributed by atoms with E-state index in [0.29, 0.717) is 37.7 Å². The number of ether oxygens (including phenoxy) is 4. The van der Waals surface area contributed by atoms with Gasteiger partial charge in [0.15, 0.2) is 16.3 Å². The van der Waals surface area contributed by atoms with Crippen LogP contribution in [0.5, 0.6) is 17.2 Å². The Morgan fingerprint density at radius 3 is 2.33 bits per heavy atom. The summed E-state index contributed by atoms with van der Waals surface area (Å²) in [5.74, 6) is -0.594. The molecule has 1 aromatic heterocycles. The van der Waals surface area contributed by atoms with Gasteiger partial charge in [0.05, 0.1) is 35.6 Å². The Morgan fingerprint density at radius 2 is 1.72 bits per heavy atom. The molecule has 11 heteroatoms. The number of carbonyl (C=O) groups excluding carboxylic acids is 3. The Balaban J connectivity index is 1.86. The zero-order valence-electron chi connectivity index (χ0n) is 22.0. The predicted molar refractivity (Wildman–Crippen MR) is 142 cm³/mol. The third-order valence-electron chi connectivity index (χ3n) is 5.71. The molecule has 202 valence electrons. The number of methoxy groups -OCH3 is 1. The number of thiazole rings is 1. The lowest BCUT2D eigenvalue weighted by molar-refractivity contribution is -0.139. The topological polar surface area (TPSA) is 122 Å². The first-order chi connectivity index (χ1) is 18.6. The van der Waals surface area contributed by atoms with Gasteiger partial charge in [-0.1, -0.05) is 29.5 Å². The highest BCUT2D eigenvalue weighted by Crippen LogP contribution is 2.32. The summed E-state index contributed by atoms with van der Waals surface area (Å²) >= 11 is 1.17. The van der Waals surface area contributed by atoms with Crippen molar-refractivity contribution in [2.75, 3.05) is 13.7 Å². The zero-order valence-corrected chi connectivity index (χ0v) is 22.8. The maximum atomic E-state index is 13.8. The van der Waals surface area contributed by atoms with Crippen molar-refractivity contribution in [3.05, 3.63) is 84.5 Å². The van der Waals surface area contributed by atoms with E-state index in [9.17, 15) is 19.2 Å². The minimum Gasteiger partial charge on any atom is -0.493 e. The molecule has 4 rings (SSSR count). The van der Waals surface area contributed by atoms with E-state index in [1.54, 1.807) is 62.4 Å². The van der Waals surface area contributed by atoms with Crippen molar-refractivity contribution in [1.82, 2.24) is 4.57 Å². The lowest BCUT2D eigenvalue weighted by Gasteiger charge is -2.24. The number of fused-ring (bicyclic) bond motifs is 1. The highest BCUT2D eigenvalue weighted by atomic mass is 32.1. The third-order valence-corrected chi connectivity index (χ3v) is 6.70. The summed E-state index contributed by atoms with van der Waals surface area (Å²) in [7, 11) is 1.45. The molecule has 39 heavy (non-hydrogen) atoms. The largest absolute Gasteiger partial charge is 0.493 e. The average Bonchev–Trinajstić information content (AvgIpc) is 3.18. The van der Waals surface area contributed by atoms with Crippen LogP contribution in [0.3, 0.4) is 0 Å². The number of benzene rings is 2. The van der Waals surface area contributed by atoms with Gasteiger partial charge in [-0.05, 0) is 55.3 Å². The van der Waals surface area contributed by atoms with Gasteiger partial charge in [0.1, 0.15) is 5.75 Å². The van der Waals surface area contributed by atoms with Gasteiger partial charge < -0.3 is 18.9 Å². The van der Waals surface area contributed by atoms with Gasteiger partial charge in [-0.3, -0.25) is 19.0 Å². The first-order valence-electron chi connectivity index (χ1n) is 12.0. The number of hydrogen-bond donors (Lipinski definition) is 0. The van der Waals surface area contributed by atoms with Crippen molar-refractivity contribution in [2.45, 2.75) is 33.7 Å². The molecule has 1 aliphatic heterocycles. The van der Waals surface area contributed by atoms with Crippen LogP contribution in [0.1, 0.15) is 44.9 Å². The number of esters is 3. The molecule has 0 spiro atoms. The van der Waals surface area contributed by atoms with E-state index in [2.05, 4.69) is 4.99 Å². The molecular formula is C28H26N2O8S. The Labute approximate surface area is 227 Å².